The highest BCUT2D eigenvalue weighted by molar-refractivity contribution is 9.10. The molecule has 2 saturated heterocycles. The van der Waals surface area contributed by atoms with Gasteiger partial charge in [-0.2, -0.15) is 15.2 Å². The van der Waals surface area contributed by atoms with E-state index < -0.39 is 17.8 Å². The second-order valence-corrected chi connectivity index (χ2v) is 12.3. The number of nitrogens with zero attached hydrogens (tertiary/aromatic N) is 7. The second-order valence-electron chi connectivity index (χ2n) is 11.1. The fraction of sp³-hybridized carbons (Fsp3) is 0.344. The van der Waals surface area contributed by atoms with Crippen LogP contribution in [-0.4, -0.2) is 82.6 Å². The number of piperazine rings is 1. The molecule has 6 rings (SSSR count). The maximum absolute atomic E-state index is 13.8. The van der Waals surface area contributed by atoms with Crippen LogP contribution in [-0.2, 0) is 4.79 Å². The van der Waals surface area contributed by atoms with Crippen molar-refractivity contribution in [3.8, 4) is 23.2 Å². The quantitative estimate of drug-likeness (QED) is 0.215. The van der Waals surface area contributed by atoms with Crippen LogP contribution in [0.25, 0.3) is 32.9 Å². The van der Waals surface area contributed by atoms with Crippen molar-refractivity contribution >= 4 is 61.1 Å². The molecule has 9 nitrogen and oxygen atoms in total. The van der Waals surface area contributed by atoms with E-state index in [1.165, 1.54) is 4.90 Å². The van der Waals surface area contributed by atoms with Crippen LogP contribution in [0.2, 0.25) is 5.02 Å². The highest BCUT2D eigenvalue weighted by Gasteiger charge is 2.34. The summed E-state index contributed by atoms with van der Waals surface area (Å²) < 4.78 is 20.7. The summed E-state index contributed by atoms with van der Waals surface area (Å²) in [6.45, 7) is 5.40. The van der Waals surface area contributed by atoms with E-state index in [0.29, 0.717) is 39.5 Å². The van der Waals surface area contributed by atoms with Gasteiger partial charge in [-0.05, 0) is 59.4 Å². The number of hydrogen-bond donors (Lipinski definition) is 0. The number of rotatable bonds is 7. The number of pyridine rings is 1. The van der Waals surface area contributed by atoms with Crippen LogP contribution in [0.5, 0.6) is 6.01 Å². The SMILES string of the molecule is C=C(F)C(=O)N1CCN(c2nc(OC[C@@H]3CCCN3C)nc3c(Br)c(-c4cccc5cccc(Cl)c45)cnc23)C[C@@H]1CC#N. The molecule has 0 radical (unpaired) electrons. The lowest BCUT2D eigenvalue weighted by molar-refractivity contribution is -0.131. The van der Waals surface area contributed by atoms with Crippen molar-refractivity contribution in [3.05, 3.63) is 64.5 Å². The van der Waals surface area contributed by atoms with Crippen LogP contribution in [0.15, 0.2) is 59.5 Å². The Kier molecular flexibility index (Phi) is 8.67. The van der Waals surface area contributed by atoms with Gasteiger partial charge in [-0.3, -0.25) is 4.79 Å². The van der Waals surface area contributed by atoms with E-state index in [9.17, 15) is 14.4 Å². The third-order valence-corrected chi connectivity index (χ3v) is 9.55. The van der Waals surface area contributed by atoms with Gasteiger partial charge >= 0.3 is 6.01 Å². The minimum absolute atomic E-state index is 0.0268. The number of halogens is 3. The molecule has 0 bridgehead atoms. The molecule has 2 aromatic carbocycles. The molecular weight excluding hydrogens is 649 g/mol. The zero-order valence-corrected chi connectivity index (χ0v) is 26.5. The van der Waals surface area contributed by atoms with Gasteiger partial charge in [-0.15, -0.1) is 0 Å². The molecule has 2 fully saturated rings. The number of hydrogen-bond acceptors (Lipinski definition) is 8. The smallest absolute Gasteiger partial charge is 0.319 e. The van der Waals surface area contributed by atoms with E-state index in [2.05, 4.69) is 40.5 Å². The Morgan fingerprint density at radius 1 is 1.16 bits per heavy atom. The molecule has 44 heavy (non-hydrogen) atoms. The molecule has 2 atom stereocenters. The number of anilines is 1. The van der Waals surface area contributed by atoms with Gasteiger partial charge in [0, 0.05) is 47.8 Å². The van der Waals surface area contributed by atoms with Crippen molar-refractivity contribution in [2.75, 3.05) is 44.7 Å². The zero-order valence-electron chi connectivity index (χ0n) is 24.1. The Hall–Kier alpha value is -3.85. The lowest BCUT2D eigenvalue weighted by atomic mass is 9.99. The number of fused-ring (bicyclic) bond motifs is 2. The van der Waals surface area contributed by atoms with Gasteiger partial charge in [0.05, 0.1) is 23.0 Å². The van der Waals surface area contributed by atoms with Crippen LogP contribution < -0.4 is 9.64 Å². The van der Waals surface area contributed by atoms with Crippen LogP contribution >= 0.6 is 27.5 Å². The molecule has 2 aliphatic heterocycles. The zero-order chi connectivity index (χ0) is 31.0. The van der Waals surface area contributed by atoms with Crippen LogP contribution in [0, 0.1) is 11.3 Å². The van der Waals surface area contributed by atoms with Crippen molar-refractivity contribution in [1.29, 1.82) is 5.26 Å². The standard InChI is InChI=1S/C32H30BrClFN7O2/c1-19(35)31(43)42-15-14-41(17-21(42)11-12-36)30-29-28(38-32(39-30)44-18-22-8-5-13-40(22)2)27(33)24(16-37-29)23-9-3-6-20-7-4-10-25(34)26(20)23/h3-4,6-7,9-10,16,21-22H,1,5,8,11,13-15,17-18H2,2H3/t21-,22-/m0/s1. The number of nitriles is 1. The molecule has 2 aromatic heterocycles. The fourth-order valence-electron chi connectivity index (χ4n) is 6.11. The van der Waals surface area contributed by atoms with Gasteiger partial charge in [0.25, 0.3) is 5.91 Å². The Balaban J connectivity index is 1.45. The molecule has 4 heterocycles. The summed E-state index contributed by atoms with van der Waals surface area (Å²) in [5.41, 5.74) is 2.79. The van der Waals surface area contributed by atoms with E-state index in [4.69, 9.17) is 31.3 Å². The first-order valence-corrected chi connectivity index (χ1v) is 15.6. The molecule has 2 aliphatic rings. The highest BCUT2D eigenvalue weighted by Crippen LogP contribution is 2.41. The molecular formula is C32H30BrClFN7O2. The minimum atomic E-state index is -1.05. The van der Waals surface area contributed by atoms with Crippen molar-refractivity contribution in [1.82, 2.24) is 24.8 Å². The molecule has 12 heteroatoms. The van der Waals surface area contributed by atoms with Crippen molar-refractivity contribution < 1.29 is 13.9 Å². The second kappa shape index (κ2) is 12.6. The predicted molar refractivity (Wildman–Crippen MR) is 172 cm³/mol. The van der Waals surface area contributed by atoms with E-state index in [1.54, 1.807) is 6.20 Å². The first-order valence-electron chi connectivity index (χ1n) is 14.4. The van der Waals surface area contributed by atoms with Crippen LogP contribution in [0.4, 0.5) is 10.2 Å². The van der Waals surface area contributed by atoms with Crippen molar-refractivity contribution in [2.45, 2.75) is 31.3 Å². The average Bonchev–Trinajstić information content (AvgIpc) is 3.44. The lowest BCUT2D eigenvalue weighted by Crippen LogP contribution is -2.55. The molecule has 0 N–H and O–H groups in total. The summed E-state index contributed by atoms with van der Waals surface area (Å²) in [4.78, 5) is 32.6. The third-order valence-electron chi connectivity index (χ3n) is 8.43. The van der Waals surface area contributed by atoms with Crippen LogP contribution in [0.3, 0.4) is 0 Å². The summed E-state index contributed by atoms with van der Waals surface area (Å²) in [5, 5.41) is 12.0. The topological polar surface area (TPSA) is 98.5 Å². The van der Waals surface area contributed by atoms with E-state index in [1.807, 2.05) is 41.3 Å². The molecule has 226 valence electrons. The normalized spacial score (nSPS) is 19.0. The first kappa shape index (κ1) is 30.2. The summed E-state index contributed by atoms with van der Waals surface area (Å²) >= 11 is 10.5. The first-order chi connectivity index (χ1) is 21.3. The highest BCUT2D eigenvalue weighted by atomic mass is 79.9. The summed E-state index contributed by atoms with van der Waals surface area (Å²) in [6.07, 6.45) is 3.93. The third kappa shape index (κ3) is 5.70. The lowest BCUT2D eigenvalue weighted by Gasteiger charge is -2.41. The molecule has 0 aliphatic carbocycles. The molecule has 0 saturated carbocycles. The van der Waals surface area contributed by atoms with Crippen LogP contribution in [0.1, 0.15) is 19.3 Å². The number of likely N-dealkylation sites (tertiary alicyclic amines) is 1. The van der Waals surface area contributed by atoms with Gasteiger partial charge in [0.2, 0.25) is 0 Å². The number of amides is 1. The number of carbonyl (C=O) groups excluding carboxylic acids is 1. The summed E-state index contributed by atoms with van der Waals surface area (Å²) in [7, 11) is 2.08. The van der Waals surface area contributed by atoms with Gasteiger partial charge < -0.3 is 19.4 Å². The molecule has 1 amide bonds. The van der Waals surface area contributed by atoms with Gasteiger partial charge in [0.1, 0.15) is 17.6 Å². The summed E-state index contributed by atoms with van der Waals surface area (Å²) in [5.74, 6) is -1.34. The Morgan fingerprint density at radius 3 is 2.68 bits per heavy atom. The monoisotopic (exact) mass is 677 g/mol. The molecule has 4 aromatic rings. The van der Waals surface area contributed by atoms with Crippen molar-refractivity contribution in [2.24, 2.45) is 0 Å². The Bertz CT molecular complexity index is 1810. The van der Waals surface area contributed by atoms with Gasteiger partial charge in [-0.25, -0.2) is 9.37 Å². The number of benzene rings is 2. The van der Waals surface area contributed by atoms with E-state index >= 15 is 0 Å². The number of likely N-dealkylation sites (N-methyl/N-ethyl adjacent to an activating group) is 1. The number of carbonyl (C=O) groups is 1. The maximum atomic E-state index is 13.8. The number of ether oxygens (including phenoxy) is 1. The van der Waals surface area contributed by atoms with E-state index in [-0.39, 0.29) is 31.6 Å². The number of aromatic nitrogens is 3. The largest absolute Gasteiger partial charge is 0.462 e. The Morgan fingerprint density at radius 2 is 1.95 bits per heavy atom. The van der Waals surface area contributed by atoms with Gasteiger partial charge in [0.15, 0.2) is 11.6 Å². The van der Waals surface area contributed by atoms with Gasteiger partial charge in [-0.1, -0.05) is 48.5 Å². The van der Waals surface area contributed by atoms with Crippen molar-refractivity contribution in [3.63, 3.8) is 0 Å². The summed E-state index contributed by atoms with van der Waals surface area (Å²) in [6, 6.07) is 13.8. The fourth-order valence-corrected chi connectivity index (χ4v) is 6.99. The van der Waals surface area contributed by atoms with E-state index in [0.717, 1.165) is 41.3 Å². The Labute approximate surface area is 268 Å². The maximum Gasteiger partial charge on any atom is 0.319 e. The average molecular weight is 679 g/mol. The molecule has 0 unspecified atom stereocenters. The minimum Gasteiger partial charge on any atom is -0.462 e. The predicted octanol–water partition coefficient (Wildman–Crippen LogP) is 6.15. The molecule has 0 spiro atoms.